The van der Waals surface area contributed by atoms with Crippen molar-refractivity contribution in [3.63, 3.8) is 0 Å². The molecule has 0 unspecified atom stereocenters. The average Bonchev–Trinajstić information content (AvgIpc) is 2.64. The van der Waals surface area contributed by atoms with Gasteiger partial charge in [-0.05, 0) is 32.2 Å². The van der Waals surface area contributed by atoms with E-state index >= 15 is 0 Å². The normalized spacial score (nSPS) is 11.9. The number of nitrogens with one attached hydrogen (secondary N) is 1. The van der Waals surface area contributed by atoms with Gasteiger partial charge in [0.05, 0.1) is 5.02 Å². The second-order valence-corrected chi connectivity index (χ2v) is 9.98. The largest absolute Gasteiger partial charge is 0.487 e. The monoisotopic (exact) mass is 427 g/mol. The average molecular weight is 428 g/mol. The minimum Gasteiger partial charge on any atom is -0.487 e. The Balaban J connectivity index is 1.95. The summed E-state index contributed by atoms with van der Waals surface area (Å²) >= 11 is 8.20. The van der Waals surface area contributed by atoms with Crippen molar-refractivity contribution in [2.75, 3.05) is 5.32 Å². The third kappa shape index (κ3) is 5.43. The third-order valence-electron chi connectivity index (χ3n) is 4.09. The van der Waals surface area contributed by atoms with Crippen LogP contribution in [0.5, 0.6) is 5.75 Å². The maximum Gasteiger partial charge on any atom is 0.146 e. The highest BCUT2D eigenvalue weighted by Gasteiger charge is 2.18. The lowest BCUT2D eigenvalue weighted by Gasteiger charge is -2.20. The van der Waals surface area contributed by atoms with Crippen LogP contribution in [-0.2, 0) is 6.61 Å². The first-order valence-corrected chi connectivity index (χ1v) is 10.7. The SMILES string of the molecule is C/C=C\Nc1cc(C)nc2c(OCc3c(Cl)cncc3SC(C)(C)C)cccc12. The molecule has 2 aromatic heterocycles. The highest BCUT2D eigenvalue weighted by Crippen LogP contribution is 2.37. The lowest BCUT2D eigenvalue weighted by Crippen LogP contribution is -2.09. The summed E-state index contributed by atoms with van der Waals surface area (Å²) in [6, 6.07) is 8.00. The maximum absolute atomic E-state index is 6.46. The molecule has 152 valence electrons. The quantitative estimate of drug-likeness (QED) is 0.429. The molecule has 0 spiro atoms. The number of fused-ring (bicyclic) bond motifs is 1. The summed E-state index contributed by atoms with van der Waals surface area (Å²) in [7, 11) is 0. The summed E-state index contributed by atoms with van der Waals surface area (Å²) in [5.41, 5.74) is 3.70. The van der Waals surface area contributed by atoms with Gasteiger partial charge >= 0.3 is 0 Å². The van der Waals surface area contributed by atoms with E-state index in [1.54, 1.807) is 18.0 Å². The predicted molar refractivity (Wildman–Crippen MR) is 124 cm³/mol. The van der Waals surface area contributed by atoms with Gasteiger partial charge in [0, 0.05) is 44.4 Å². The molecule has 1 aromatic carbocycles. The van der Waals surface area contributed by atoms with E-state index < -0.39 is 0 Å². The Morgan fingerprint density at radius 2 is 2.03 bits per heavy atom. The van der Waals surface area contributed by atoms with Gasteiger partial charge in [0.2, 0.25) is 0 Å². The summed E-state index contributed by atoms with van der Waals surface area (Å²) in [4.78, 5) is 10.0. The van der Waals surface area contributed by atoms with Gasteiger partial charge in [-0.25, -0.2) is 4.98 Å². The fourth-order valence-electron chi connectivity index (χ4n) is 2.91. The van der Waals surface area contributed by atoms with Crippen LogP contribution >= 0.6 is 23.4 Å². The summed E-state index contributed by atoms with van der Waals surface area (Å²) in [6.07, 6.45) is 7.39. The molecule has 29 heavy (non-hydrogen) atoms. The number of halogens is 1. The number of para-hydroxylation sites is 1. The molecule has 0 saturated carbocycles. The molecule has 0 fully saturated rings. The van der Waals surface area contributed by atoms with E-state index in [4.69, 9.17) is 21.3 Å². The van der Waals surface area contributed by atoms with Gasteiger partial charge < -0.3 is 10.1 Å². The van der Waals surface area contributed by atoms with E-state index in [0.29, 0.717) is 11.6 Å². The van der Waals surface area contributed by atoms with Crippen molar-refractivity contribution >= 4 is 40.0 Å². The zero-order chi connectivity index (χ0) is 21.0. The number of ether oxygens (including phenoxy) is 1. The molecule has 6 heteroatoms. The lowest BCUT2D eigenvalue weighted by atomic mass is 10.1. The van der Waals surface area contributed by atoms with Crippen molar-refractivity contribution in [2.24, 2.45) is 0 Å². The molecule has 0 aliphatic rings. The highest BCUT2D eigenvalue weighted by molar-refractivity contribution is 8.00. The van der Waals surface area contributed by atoms with E-state index in [1.165, 1.54) is 0 Å². The molecule has 0 bridgehead atoms. The van der Waals surface area contributed by atoms with Crippen LogP contribution in [0.25, 0.3) is 10.9 Å². The molecule has 3 rings (SSSR count). The molecule has 0 amide bonds. The van der Waals surface area contributed by atoms with Gasteiger partial charge in [-0.2, -0.15) is 0 Å². The summed E-state index contributed by atoms with van der Waals surface area (Å²) < 4.78 is 6.27. The topological polar surface area (TPSA) is 47.0 Å². The number of nitrogens with zero attached hydrogens (tertiary/aromatic N) is 2. The second-order valence-electron chi connectivity index (χ2n) is 7.71. The summed E-state index contributed by atoms with van der Waals surface area (Å²) in [6.45, 7) is 10.8. The number of hydrogen-bond donors (Lipinski definition) is 1. The predicted octanol–water partition coefficient (Wildman–Crippen LogP) is 7.01. The fraction of sp³-hybridized carbons (Fsp3) is 0.304. The fourth-order valence-corrected chi connectivity index (χ4v) is 4.25. The Bertz CT molecular complexity index is 1040. The zero-order valence-electron chi connectivity index (χ0n) is 17.4. The van der Waals surface area contributed by atoms with Gasteiger partial charge in [-0.1, -0.05) is 50.6 Å². The van der Waals surface area contributed by atoms with Crippen LogP contribution in [0.3, 0.4) is 0 Å². The molecule has 0 radical (unpaired) electrons. The van der Waals surface area contributed by atoms with Crippen LogP contribution in [0.1, 0.15) is 39.0 Å². The number of hydrogen-bond acceptors (Lipinski definition) is 5. The van der Waals surface area contributed by atoms with Crippen LogP contribution < -0.4 is 10.1 Å². The molecule has 4 nitrogen and oxygen atoms in total. The standard InChI is InChI=1S/C23H26ClN3OS/c1-6-10-26-19-11-15(2)27-22-16(19)8-7-9-20(22)28-14-17-18(24)12-25-13-21(17)29-23(3,4)5/h6-13H,14H2,1-5H3,(H,26,27)/b10-6-. The second kappa shape index (κ2) is 9.06. The van der Waals surface area contributed by atoms with Crippen molar-refractivity contribution < 1.29 is 4.74 Å². The Labute approximate surface area is 181 Å². The van der Waals surface area contributed by atoms with Gasteiger partial charge in [-0.3, -0.25) is 4.98 Å². The van der Waals surface area contributed by atoms with E-state index in [0.717, 1.165) is 38.5 Å². The first-order valence-electron chi connectivity index (χ1n) is 9.51. The van der Waals surface area contributed by atoms with Crippen molar-refractivity contribution in [1.29, 1.82) is 0 Å². The van der Waals surface area contributed by atoms with Gasteiger partial charge in [0.25, 0.3) is 0 Å². The summed E-state index contributed by atoms with van der Waals surface area (Å²) in [5, 5.41) is 4.94. The molecule has 1 N–H and O–H groups in total. The molecule has 0 aliphatic carbocycles. The number of pyridine rings is 2. The van der Waals surface area contributed by atoms with Crippen LogP contribution in [0, 0.1) is 6.92 Å². The van der Waals surface area contributed by atoms with E-state index in [2.05, 4.69) is 31.1 Å². The first kappa shape index (κ1) is 21.5. The summed E-state index contributed by atoms with van der Waals surface area (Å²) in [5.74, 6) is 0.731. The Kier molecular flexibility index (Phi) is 6.70. The van der Waals surface area contributed by atoms with Crippen molar-refractivity contribution in [3.05, 3.63) is 65.2 Å². The Morgan fingerprint density at radius 3 is 2.76 bits per heavy atom. The molecule has 0 atom stereocenters. The number of allylic oxidation sites excluding steroid dienone is 1. The van der Waals surface area contributed by atoms with Crippen LogP contribution in [-0.4, -0.2) is 14.7 Å². The van der Waals surface area contributed by atoms with Crippen LogP contribution in [0.2, 0.25) is 5.02 Å². The molecular weight excluding hydrogens is 402 g/mol. The molecule has 2 heterocycles. The number of aromatic nitrogens is 2. The van der Waals surface area contributed by atoms with Gasteiger partial charge in [0.1, 0.15) is 17.9 Å². The van der Waals surface area contributed by atoms with Crippen LogP contribution in [0.4, 0.5) is 5.69 Å². The molecule has 0 aliphatic heterocycles. The van der Waals surface area contributed by atoms with Crippen molar-refractivity contribution in [2.45, 2.75) is 50.9 Å². The first-order chi connectivity index (χ1) is 13.8. The van der Waals surface area contributed by atoms with E-state index in [1.807, 2.05) is 56.6 Å². The Hall–Kier alpha value is -2.24. The number of benzene rings is 1. The maximum atomic E-state index is 6.46. The van der Waals surface area contributed by atoms with Gasteiger partial charge in [-0.15, -0.1) is 11.8 Å². The number of rotatable bonds is 6. The zero-order valence-corrected chi connectivity index (χ0v) is 19.0. The Morgan fingerprint density at radius 1 is 1.24 bits per heavy atom. The number of thioether (sulfide) groups is 1. The number of anilines is 1. The smallest absolute Gasteiger partial charge is 0.146 e. The van der Waals surface area contributed by atoms with E-state index in [-0.39, 0.29) is 4.75 Å². The highest BCUT2D eigenvalue weighted by atomic mass is 35.5. The lowest BCUT2D eigenvalue weighted by molar-refractivity contribution is 0.306. The van der Waals surface area contributed by atoms with E-state index in [9.17, 15) is 0 Å². The van der Waals surface area contributed by atoms with Crippen molar-refractivity contribution in [3.8, 4) is 5.75 Å². The molecule has 0 saturated heterocycles. The molecular formula is C23H26ClN3OS. The van der Waals surface area contributed by atoms with Crippen molar-refractivity contribution in [1.82, 2.24) is 9.97 Å². The van der Waals surface area contributed by atoms with Crippen LogP contribution in [0.15, 0.2) is 53.8 Å². The number of aryl methyl sites for hydroxylation is 1. The van der Waals surface area contributed by atoms with Gasteiger partial charge in [0.15, 0.2) is 0 Å². The minimum atomic E-state index is 0.0482. The minimum absolute atomic E-state index is 0.0482. The third-order valence-corrected chi connectivity index (χ3v) is 5.60. The molecule has 3 aromatic rings.